The molecule has 0 aromatic rings. The normalized spacial score (nSPS) is 29.4. The van der Waals surface area contributed by atoms with Crippen LogP contribution in [0, 0.1) is 35.0 Å². The molecule has 18 heavy (non-hydrogen) atoms. The lowest BCUT2D eigenvalue weighted by molar-refractivity contribution is -0.00314. The highest BCUT2D eigenvalue weighted by molar-refractivity contribution is 6.48. The molecule has 0 spiro atoms. The molecule has 0 saturated heterocycles. The molecule has 0 aromatic carbocycles. The third kappa shape index (κ3) is 3.62. The molecule has 1 nitrogen and oxygen atoms in total. The summed E-state index contributed by atoms with van der Waals surface area (Å²) in [6.45, 7) is 11.5. The van der Waals surface area contributed by atoms with E-state index in [-0.39, 0.29) is 6.10 Å². The Kier molecular flexibility index (Phi) is 4.24. The minimum Gasteiger partial charge on any atom is -0.403 e. The molecule has 2 heteroatoms. The predicted octanol–water partition coefficient (Wildman–Crippen LogP) is 4.11. The van der Waals surface area contributed by atoms with Crippen LogP contribution in [-0.2, 0) is 4.43 Å². The SMILES string of the molecule is C[Si](C)OC(C#CC1CC1)C1CCC1C(C)(C)C. The molecule has 0 heterocycles. The zero-order valence-electron chi connectivity index (χ0n) is 12.5. The zero-order chi connectivity index (χ0) is 13.3. The topological polar surface area (TPSA) is 9.23 Å². The number of hydrogen-bond acceptors (Lipinski definition) is 1. The van der Waals surface area contributed by atoms with E-state index in [1.807, 2.05) is 0 Å². The van der Waals surface area contributed by atoms with Crippen LogP contribution in [0.3, 0.4) is 0 Å². The van der Waals surface area contributed by atoms with Crippen molar-refractivity contribution in [3.63, 3.8) is 0 Å². The van der Waals surface area contributed by atoms with E-state index in [0.717, 1.165) is 5.92 Å². The van der Waals surface area contributed by atoms with Crippen molar-refractivity contribution in [1.82, 2.24) is 0 Å². The molecule has 2 saturated carbocycles. The minimum atomic E-state index is -0.651. The molecule has 2 rings (SSSR count). The molecular weight excluding hydrogens is 236 g/mol. The van der Waals surface area contributed by atoms with Crippen LogP contribution in [0.1, 0.15) is 46.5 Å². The molecule has 0 amide bonds. The largest absolute Gasteiger partial charge is 0.403 e. The second kappa shape index (κ2) is 5.39. The van der Waals surface area contributed by atoms with E-state index in [9.17, 15) is 0 Å². The molecule has 101 valence electrons. The van der Waals surface area contributed by atoms with Gasteiger partial charge in [-0.15, -0.1) is 0 Å². The molecule has 1 radical (unpaired) electrons. The number of hydrogen-bond donors (Lipinski definition) is 0. The lowest BCUT2D eigenvalue weighted by Gasteiger charge is -2.47. The standard InChI is InChI=1S/C16H27OSi/c1-16(2,3)14-10-9-13(14)15(17-18(4)5)11-8-12-6-7-12/h12-15H,6-7,9-10H2,1-5H3. The van der Waals surface area contributed by atoms with Gasteiger partial charge in [-0.25, -0.2) is 0 Å². The third-order valence-electron chi connectivity index (χ3n) is 4.20. The summed E-state index contributed by atoms with van der Waals surface area (Å²) in [7, 11) is -0.651. The van der Waals surface area contributed by atoms with Crippen molar-refractivity contribution in [1.29, 1.82) is 0 Å². The minimum absolute atomic E-state index is 0.215. The van der Waals surface area contributed by atoms with Crippen LogP contribution in [-0.4, -0.2) is 15.1 Å². The Hall–Kier alpha value is -0.263. The van der Waals surface area contributed by atoms with Crippen molar-refractivity contribution >= 4 is 9.04 Å². The van der Waals surface area contributed by atoms with Crippen LogP contribution in [0.15, 0.2) is 0 Å². The van der Waals surface area contributed by atoms with Gasteiger partial charge in [0, 0.05) is 5.92 Å². The molecule has 0 aromatic heterocycles. The highest BCUT2D eigenvalue weighted by Crippen LogP contribution is 2.48. The lowest BCUT2D eigenvalue weighted by Crippen LogP contribution is -2.44. The highest BCUT2D eigenvalue weighted by Gasteiger charge is 2.43. The molecule has 3 atom stereocenters. The summed E-state index contributed by atoms with van der Waals surface area (Å²) in [5, 5.41) is 0. The van der Waals surface area contributed by atoms with Crippen molar-refractivity contribution in [3.05, 3.63) is 0 Å². The van der Waals surface area contributed by atoms with Crippen molar-refractivity contribution in [2.75, 3.05) is 0 Å². The third-order valence-corrected chi connectivity index (χ3v) is 4.92. The van der Waals surface area contributed by atoms with Gasteiger partial charge in [0.05, 0.1) is 0 Å². The van der Waals surface area contributed by atoms with Gasteiger partial charge in [-0.05, 0) is 56.0 Å². The number of rotatable bonds is 3. The van der Waals surface area contributed by atoms with Gasteiger partial charge in [-0.2, -0.15) is 0 Å². The van der Waals surface area contributed by atoms with Crippen LogP contribution in [0.5, 0.6) is 0 Å². The first-order chi connectivity index (χ1) is 8.38. The second-order valence-electron chi connectivity index (χ2n) is 7.22. The van der Waals surface area contributed by atoms with Gasteiger partial charge in [-0.1, -0.05) is 32.6 Å². The maximum absolute atomic E-state index is 6.19. The average molecular weight is 263 g/mol. The maximum Gasteiger partial charge on any atom is 0.206 e. The van der Waals surface area contributed by atoms with Crippen molar-refractivity contribution in [2.45, 2.75) is 65.7 Å². The Labute approximate surface area is 114 Å². The van der Waals surface area contributed by atoms with Gasteiger partial charge < -0.3 is 4.43 Å². The summed E-state index contributed by atoms with van der Waals surface area (Å²) in [5.41, 5.74) is 0.403. The highest BCUT2D eigenvalue weighted by atomic mass is 28.3. The summed E-state index contributed by atoms with van der Waals surface area (Å²) in [6, 6.07) is 0. The van der Waals surface area contributed by atoms with E-state index in [2.05, 4.69) is 45.7 Å². The van der Waals surface area contributed by atoms with Crippen molar-refractivity contribution in [3.8, 4) is 11.8 Å². The van der Waals surface area contributed by atoms with E-state index in [0.29, 0.717) is 17.3 Å². The van der Waals surface area contributed by atoms with Crippen LogP contribution in [0.2, 0.25) is 13.1 Å². The second-order valence-corrected chi connectivity index (χ2v) is 9.28. The molecule has 0 bridgehead atoms. The van der Waals surface area contributed by atoms with E-state index in [1.54, 1.807) is 0 Å². The molecule has 0 N–H and O–H groups in total. The van der Waals surface area contributed by atoms with Crippen LogP contribution in [0.4, 0.5) is 0 Å². The van der Waals surface area contributed by atoms with Crippen LogP contribution >= 0.6 is 0 Å². The van der Waals surface area contributed by atoms with Gasteiger partial charge in [0.15, 0.2) is 0 Å². The van der Waals surface area contributed by atoms with E-state index in [4.69, 9.17) is 4.43 Å². The van der Waals surface area contributed by atoms with Gasteiger partial charge in [-0.3, -0.25) is 0 Å². The quantitative estimate of drug-likeness (QED) is 0.550. The first kappa shape index (κ1) is 14.2. The maximum atomic E-state index is 6.19. The smallest absolute Gasteiger partial charge is 0.206 e. The van der Waals surface area contributed by atoms with E-state index < -0.39 is 9.04 Å². The van der Waals surface area contributed by atoms with Crippen LogP contribution in [0.25, 0.3) is 0 Å². The Balaban J connectivity index is 2.02. The van der Waals surface area contributed by atoms with Crippen molar-refractivity contribution < 1.29 is 4.43 Å². The zero-order valence-corrected chi connectivity index (χ0v) is 13.5. The molecule has 2 fully saturated rings. The van der Waals surface area contributed by atoms with Crippen LogP contribution < -0.4 is 0 Å². The first-order valence-corrected chi connectivity index (χ1v) is 9.76. The van der Waals surface area contributed by atoms with Gasteiger partial charge in [0.2, 0.25) is 9.04 Å². The fraction of sp³-hybridized carbons (Fsp3) is 0.875. The molecule has 0 aliphatic heterocycles. The molecule has 2 aliphatic rings. The van der Waals surface area contributed by atoms with Crippen molar-refractivity contribution in [2.24, 2.45) is 23.2 Å². The van der Waals surface area contributed by atoms with Gasteiger partial charge in [0.25, 0.3) is 0 Å². The van der Waals surface area contributed by atoms with E-state index >= 15 is 0 Å². The first-order valence-electron chi connectivity index (χ1n) is 7.36. The summed E-state index contributed by atoms with van der Waals surface area (Å²) in [6.07, 6.45) is 5.50. The summed E-state index contributed by atoms with van der Waals surface area (Å²) in [5.74, 6) is 9.05. The van der Waals surface area contributed by atoms with Gasteiger partial charge >= 0.3 is 0 Å². The Morgan fingerprint density at radius 2 is 1.78 bits per heavy atom. The Bertz CT molecular complexity index is 340. The molecule has 3 unspecified atom stereocenters. The molecular formula is C16H27OSi. The molecule has 2 aliphatic carbocycles. The lowest BCUT2D eigenvalue weighted by atomic mass is 9.60. The summed E-state index contributed by atoms with van der Waals surface area (Å²) < 4.78 is 6.19. The van der Waals surface area contributed by atoms with E-state index in [1.165, 1.54) is 25.7 Å². The van der Waals surface area contributed by atoms with Gasteiger partial charge in [0.1, 0.15) is 6.10 Å². The summed E-state index contributed by atoms with van der Waals surface area (Å²) in [4.78, 5) is 0. The fourth-order valence-corrected chi connectivity index (χ4v) is 3.61. The fourth-order valence-electron chi connectivity index (χ4n) is 2.87. The monoisotopic (exact) mass is 263 g/mol. The summed E-state index contributed by atoms with van der Waals surface area (Å²) >= 11 is 0. The Morgan fingerprint density at radius 1 is 1.11 bits per heavy atom. The predicted molar refractivity (Wildman–Crippen MR) is 78.5 cm³/mol. The average Bonchev–Trinajstić information content (AvgIpc) is 2.91. The Morgan fingerprint density at radius 3 is 2.17 bits per heavy atom.